The summed E-state index contributed by atoms with van der Waals surface area (Å²) in [6, 6.07) is 5.74. The molecular formula is C15H23BrClN3O. The number of hydrogen-bond acceptors (Lipinski definition) is 3. The van der Waals surface area contributed by atoms with Crippen LogP contribution in [0.3, 0.4) is 0 Å². The van der Waals surface area contributed by atoms with Crippen LogP contribution in [0.25, 0.3) is 0 Å². The molecule has 4 nitrogen and oxygen atoms in total. The minimum absolute atomic E-state index is 0. The summed E-state index contributed by atoms with van der Waals surface area (Å²) in [6.07, 6.45) is 1.00. The van der Waals surface area contributed by atoms with Crippen LogP contribution in [0.4, 0.5) is 0 Å². The molecule has 2 rings (SSSR count). The Balaban J connectivity index is 0.00000220. The first kappa shape index (κ1) is 18.4. The van der Waals surface area contributed by atoms with E-state index >= 15 is 0 Å². The Morgan fingerprint density at radius 1 is 1.38 bits per heavy atom. The average Bonchev–Trinajstić information content (AvgIpc) is 2.44. The summed E-state index contributed by atoms with van der Waals surface area (Å²) in [5.74, 6) is 0.0234. The number of piperazine rings is 1. The van der Waals surface area contributed by atoms with Crippen LogP contribution in [0.1, 0.15) is 22.3 Å². The monoisotopic (exact) mass is 375 g/mol. The Morgan fingerprint density at radius 3 is 2.76 bits per heavy atom. The van der Waals surface area contributed by atoms with E-state index in [9.17, 15) is 4.79 Å². The van der Waals surface area contributed by atoms with Gasteiger partial charge in [0.05, 0.1) is 0 Å². The number of amides is 1. The Hall–Kier alpha value is -0.620. The molecule has 2 N–H and O–H groups in total. The minimum Gasteiger partial charge on any atom is -0.352 e. The maximum atomic E-state index is 12.1. The lowest BCUT2D eigenvalue weighted by Gasteiger charge is -2.27. The zero-order chi connectivity index (χ0) is 14.4. The summed E-state index contributed by atoms with van der Waals surface area (Å²) in [4.78, 5) is 14.5. The molecule has 6 heteroatoms. The zero-order valence-electron chi connectivity index (χ0n) is 12.3. The molecular weight excluding hydrogens is 354 g/mol. The third-order valence-electron chi connectivity index (χ3n) is 3.58. The third kappa shape index (κ3) is 5.94. The molecule has 1 aromatic rings. The molecule has 0 spiro atoms. The molecule has 1 saturated heterocycles. The van der Waals surface area contributed by atoms with Crippen LogP contribution in [0.5, 0.6) is 0 Å². The van der Waals surface area contributed by atoms with E-state index in [0.29, 0.717) is 0 Å². The molecule has 0 radical (unpaired) electrons. The van der Waals surface area contributed by atoms with Crippen LogP contribution in [-0.2, 0) is 0 Å². The van der Waals surface area contributed by atoms with E-state index < -0.39 is 0 Å². The van der Waals surface area contributed by atoms with Gasteiger partial charge in [0.2, 0.25) is 0 Å². The van der Waals surface area contributed by atoms with Crippen LogP contribution in [0.15, 0.2) is 22.7 Å². The van der Waals surface area contributed by atoms with E-state index in [1.807, 2.05) is 25.1 Å². The fourth-order valence-electron chi connectivity index (χ4n) is 2.42. The van der Waals surface area contributed by atoms with Crippen LogP contribution < -0.4 is 10.6 Å². The van der Waals surface area contributed by atoms with E-state index in [1.165, 1.54) is 0 Å². The Kier molecular flexibility index (Phi) is 8.26. The van der Waals surface area contributed by atoms with E-state index in [4.69, 9.17) is 0 Å². The smallest absolute Gasteiger partial charge is 0.251 e. The van der Waals surface area contributed by atoms with Crippen molar-refractivity contribution in [3.8, 4) is 0 Å². The second kappa shape index (κ2) is 9.41. The van der Waals surface area contributed by atoms with Gasteiger partial charge in [0.25, 0.3) is 5.91 Å². The number of nitrogens with zero attached hydrogens (tertiary/aromatic N) is 1. The van der Waals surface area contributed by atoms with Crippen LogP contribution in [-0.4, -0.2) is 50.1 Å². The molecule has 1 aliphatic rings. The van der Waals surface area contributed by atoms with Crippen molar-refractivity contribution in [2.24, 2.45) is 0 Å². The highest BCUT2D eigenvalue weighted by molar-refractivity contribution is 9.10. The van der Waals surface area contributed by atoms with Gasteiger partial charge in [-0.3, -0.25) is 4.79 Å². The fraction of sp³-hybridized carbons (Fsp3) is 0.533. The Labute approximate surface area is 141 Å². The third-order valence-corrected chi connectivity index (χ3v) is 4.07. The Bertz CT molecular complexity index is 464. The van der Waals surface area contributed by atoms with Crippen molar-refractivity contribution < 1.29 is 4.79 Å². The minimum atomic E-state index is 0. The molecule has 1 aliphatic heterocycles. The molecule has 21 heavy (non-hydrogen) atoms. The van der Waals surface area contributed by atoms with Gasteiger partial charge in [-0.2, -0.15) is 0 Å². The lowest BCUT2D eigenvalue weighted by Crippen LogP contribution is -2.44. The zero-order valence-corrected chi connectivity index (χ0v) is 14.7. The molecule has 1 aromatic carbocycles. The summed E-state index contributed by atoms with van der Waals surface area (Å²) in [6.45, 7) is 8.12. The number of aryl methyl sites for hydroxylation is 1. The second-order valence-corrected chi connectivity index (χ2v) is 6.08. The van der Waals surface area contributed by atoms with Gasteiger partial charge in [-0.25, -0.2) is 0 Å². The van der Waals surface area contributed by atoms with Gasteiger partial charge in [0, 0.05) is 42.8 Å². The van der Waals surface area contributed by atoms with Crippen molar-refractivity contribution in [2.75, 3.05) is 39.3 Å². The summed E-state index contributed by atoms with van der Waals surface area (Å²) in [7, 11) is 0. The highest BCUT2D eigenvalue weighted by atomic mass is 79.9. The van der Waals surface area contributed by atoms with Crippen LogP contribution in [0, 0.1) is 6.92 Å². The van der Waals surface area contributed by atoms with Crippen LogP contribution in [0.2, 0.25) is 0 Å². The summed E-state index contributed by atoms with van der Waals surface area (Å²) < 4.78 is 1.00. The molecule has 0 unspecified atom stereocenters. The van der Waals surface area contributed by atoms with Gasteiger partial charge in [-0.05, 0) is 43.7 Å². The van der Waals surface area contributed by atoms with Crippen molar-refractivity contribution in [1.82, 2.24) is 15.5 Å². The molecule has 0 atom stereocenters. The number of nitrogens with one attached hydrogen (secondary N) is 2. The number of rotatable bonds is 5. The van der Waals surface area contributed by atoms with E-state index in [2.05, 4.69) is 31.5 Å². The molecule has 0 saturated carbocycles. The first-order valence-electron chi connectivity index (χ1n) is 7.14. The first-order chi connectivity index (χ1) is 9.66. The predicted molar refractivity (Wildman–Crippen MR) is 92.4 cm³/mol. The molecule has 1 amide bonds. The molecule has 0 aliphatic carbocycles. The van der Waals surface area contributed by atoms with E-state index in [0.717, 1.165) is 61.3 Å². The largest absolute Gasteiger partial charge is 0.352 e. The van der Waals surface area contributed by atoms with Gasteiger partial charge >= 0.3 is 0 Å². The van der Waals surface area contributed by atoms with Crippen LogP contribution >= 0.6 is 28.3 Å². The normalized spacial score (nSPS) is 15.3. The van der Waals surface area contributed by atoms with Gasteiger partial charge < -0.3 is 15.5 Å². The lowest BCUT2D eigenvalue weighted by molar-refractivity contribution is 0.0950. The maximum absolute atomic E-state index is 12.1. The van der Waals surface area contributed by atoms with Crippen molar-refractivity contribution in [2.45, 2.75) is 13.3 Å². The molecule has 1 fully saturated rings. The topological polar surface area (TPSA) is 44.4 Å². The molecule has 1 heterocycles. The number of benzene rings is 1. The maximum Gasteiger partial charge on any atom is 0.251 e. The van der Waals surface area contributed by atoms with E-state index in [1.54, 1.807) is 0 Å². The first-order valence-corrected chi connectivity index (χ1v) is 7.93. The van der Waals surface area contributed by atoms with Gasteiger partial charge in [-0.15, -0.1) is 12.4 Å². The Morgan fingerprint density at radius 2 is 2.10 bits per heavy atom. The standard InChI is InChI=1S/C15H22BrN3O.ClH/c1-12-11-13(16)3-4-14(12)15(20)18-5-2-8-19-9-6-17-7-10-19;/h3-4,11,17H,2,5-10H2,1H3,(H,18,20);1H. The van der Waals surface area contributed by atoms with Gasteiger partial charge in [0.15, 0.2) is 0 Å². The lowest BCUT2D eigenvalue weighted by atomic mass is 10.1. The van der Waals surface area contributed by atoms with Crippen molar-refractivity contribution in [3.05, 3.63) is 33.8 Å². The summed E-state index contributed by atoms with van der Waals surface area (Å²) in [5, 5.41) is 6.34. The highest BCUT2D eigenvalue weighted by Gasteiger charge is 2.10. The van der Waals surface area contributed by atoms with Gasteiger partial charge in [0.1, 0.15) is 0 Å². The fourth-order valence-corrected chi connectivity index (χ4v) is 2.89. The second-order valence-electron chi connectivity index (χ2n) is 5.16. The molecule has 118 valence electrons. The van der Waals surface area contributed by atoms with Crippen molar-refractivity contribution in [3.63, 3.8) is 0 Å². The number of carbonyl (C=O) groups excluding carboxylic acids is 1. The quantitative estimate of drug-likeness (QED) is 0.774. The van der Waals surface area contributed by atoms with Crippen molar-refractivity contribution in [1.29, 1.82) is 0 Å². The number of carbonyl (C=O) groups is 1. The predicted octanol–water partition coefficient (Wildman–Crippen LogP) is 2.20. The SMILES string of the molecule is Cc1cc(Br)ccc1C(=O)NCCCN1CCNCC1.Cl. The van der Waals surface area contributed by atoms with Crippen molar-refractivity contribution >= 4 is 34.2 Å². The number of hydrogen-bond donors (Lipinski definition) is 2. The average molecular weight is 377 g/mol. The van der Waals surface area contributed by atoms with E-state index in [-0.39, 0.29) is 18.3 Å². The summed E-state index contributed by atoms with van der Waals surface area (Å²) >= 11 is 3.41. The van der Waals surface area contributed by atoms with Gasteiger partial charge in [-0.1, -0.05) is 15.9 Å². The summed E-state index contributed by atoms with van der Waals surface area (Å²) in [5.41, 5.74) is 1.76. The number of halogens is 2. The molecule has 0 bridgehead atoms. The molecule has 0 aromatic heterocycles. The highest BCUT2D eigenvalue weighted by Crippen LogP contribution is 2.15.